The molecular formula is C42H55N3O6. The number of fused-ring (bicyclic) bond motifs is 5. The lowest BCUT2D eigenvalue weighted by molar-refractivity contribution is -0.130. The van der Waals surface area contributed by atoms with Crippen molar-refractivity contribution in [2.75, 3.05) is 34.3 Å². The minimum atomic E-state index is -0.591. The lowest BCUT2D eigenvalue weighted by Crippen LogP contribution is -2.44. The van der Waals surface area contributed by atoms with E-state index in [4.69, 9.17) is 14.2 Å². The predicted molar refractivity (Wildman–Crippen MR) is 203 cm³/mol. The van der Waals surface area contributed by atoms with E-state index in [1.54, 1.807) is 12.0 Å². The van der Waals surface area contributed by atoms with Gasteiger partial charge in [-0.05, 0) is 108 Å². The van der Waals surface area contributed by atoms with Crippen LogP contribution in [0.2, 0.25) is 0 Å². The van der Waals surface area contributed by atoms with Gasteiger partial charge in [0, 0.05) is 61.0 Å². The first-order valence-electron chi connectivity index (χ1n) is 18.2. The molecule has 0 N–H and O–H groups in total. The van der Waals surface area contributed by atoms with Gasteiger partial charge in [0.15, 0.2) is 5.78 Å². The van der Waals surface area contributed by atoms with Crippen molar-refractivity contribution in [1.82, 2.24) is 14.4 Å². The Bertz CT molecular complexity index is 1810. The topological polar surface area (TPSA) is 90.3 Å². The Morgan fingerprint density at radius 1 is 0.980 bits per heavy atom. The van der Waals surface area contributed by atoms with Crippen LogP contribution in [0.15, 0.2) is 53.7 Å². The van der Waals surface area contributed by atoms with E-state index in [0.29, 0.717) is 29.2 Å². The smallest absolute Gasteiger partial charge is 0.338 e. The minimum absolute atomic E-state index is 0.00434. The van der Waals surface area contributed by atoms with E-state index in [9.17, 15) is 14.4 Å². The molecule has 2 fully saturated rings. The molecule has 0 bridgehead atoms. The molecule has 1 aromatic heterocycles. The summed E-state index contributed by atoms with van der Waals surface area (Å²) >= 11 is 0. The Balaban J connectivity index is 0.000000435. The number of aromatic nitrogens is 1. The number of morpholine rings is 1. The fourth-order valence-electron chi connectivity index (χ4n) is 7.65. The lowest BCUT2D eigenvalue weighted by atomic mass is 9.81. The quantitative estimate of drug-likeness (QED) is 0.140. The van der Waals surface area contributed by atoms with E-state index in [0.717, 1.165) is 65.8 Å². The third-order valence-electron chi connectivity index (χ3n) is 9.62. The Morgan fingerprint density at radius 3 is 2.27 bits per heavy atom. The first-order chi connectivity index (χ1) is 24.2. The van der Waals surface area contributed by atoms with Crippen molar-refractivity contribution >= 4 is 35.1 Å². The van der Waals surface area contributed by atoms with Gasteiger partial charge in [-0.2, -0.15) is 0 Å². The van der Waals surface area contributed by atoms with Crippen LogP contribution in [0, 0.1) is 0 Å². The van der Waals surface area contributed by atoms with Gasteiger partial charge in [0.1, 0.15) is 11.4 Å². The molecule has 3 aromatic rings. The summed E-state index contributed by atoms with van der Waals surface area (Å²) in [6.45, 7) is 13.3. The highest BCUT2D eigenvalue weighted by Crippen LogP contribution is 2.47. The van der Waals surface area contributed by atoms with Gasteiger partial charge in [-0.15, -0.1) is 0 Å². The molecule has 9 nitrogen and oxygen atoms in total. The summed E-state index contributed by atoms with van der Waals surface area (Å²) in [6.07, 6.45) is 11.1. The van der Waals surface area contributed by atoms with Gasteiger partial charge in [0.2, 0.25) is 6.41 Å². The van der Waals surface area contributed by atoms with Gasteiger partial charge in [-0.1, -0.05) is 25.3 Å². The highest BCUT2D eigenvalue weighted by Gasteiger charge is 2.31. The molecule has 1 saturated carbocycles. The number of ether oxygens (including phenoxy) is 3. The van der Waals surface area contributed by atoms with Gasteiger partial charge in [-0.25, -0.2) is 4.79 Å². The molecule has 51 heavy (non-hydrogen) atoms. The van der Waals surface area contributed by atoms with Gasteiger partial charge < -0.3 is 28.6 Å². The Labute approximate surface area is 303 Å². The number of ketones is 1. The molecule has 2 unspecified atom stereocenters. The molecule has 1 amide bonds. The first kappa shape index (κ1) is 37.9. The third-order valence-corrected chi connectivity index (χ3v) is 9.62. The van der Waals surface area contributed by atoms with Crippen LogP contribution in [0.5, 0.6) is 5.75 Å². The van der Waals surface area contributed by atoms with Crippen LogP contribution in [0.4, 0.5) is 0 Å². The van der Waals surface area contributed by atoms with Crippen LogP contribution in [-0.4, -0.2) is 84.6 Å². The Morgan fingerprint density at radius 2 is 1.67 bits per heavy atom. The number of nitrogens with zero attached hydrogens (tertiary/aromatic N) is 3. The van der Waals surface area contributed by atoms with Gasteiger partial charge in [0.25, 0.3) is 0 Å². The first-order valence-corrected chi connectivity index (χ1v) is 18.2. The Hall–Kier alpha value is -4.37. The molecule has 3 aliphatic rings. The van der Waals surface area contributed by atoms with Crippen LogP contribution in [0.3, 0.4) is 0 Å². The number of carbonyl (C=O) groups excluding carboxylic acids is 3. The SMILES string of the molecule is CC1CN(C=O)CC(C)O1.COc1ccc2c(c1)C=C(C(=O)/C(C)=C\N(C)C)Cn1c-2c(C2CCCCC2)c2ccc(C(=O)OC(C)(C)C)cc21. The maximum Gasteiger partial charge on any atom is 0.338 e. The van der Waals surface area contributed by atoms with Crippen molar-refractivity contribution in [3.05, 3.63) is 70.4 Å². The van der Waals surface area contributed by atoms with Crippen molar-refractivity contribution in [1.29, 1.82) is 0 Å². The zero-order valence-corrected chi connectivity index (χ0v) is 31.9. The molecular weight excluding hydrogens is 642 g/mol. The summed E-state index contributed by atoms with van der Waals surface area (Å²) in [5.41, 5.74) is 6.77. The predicted octanol–water partition coefficient (Wildman–Crippen LogP) is 8.00. The van der Waals surface area contributed by atoms with Gasteiger partial charge in [-0.3, -0.25) is 9.59 Å². The summed E-state index contributed by atoms with van der Waals surface area (Å²) in [5.74, 6) is 0.829. The van der Waals surface area contributed by atoms with E-state index >= 15 is 0 Å². The second kappa shape index (κ2) is 15.9. The summed E-state index contributed by atoms with van der Waals surface area (Å²) in [6, 6.07) is 12.1. The van der Waals surface area contributed by atoms with E-state index in [-0.39, 0.29) is 24.0 Å². The van der Waals surface area contributed by atoms with Crippen LogP contribution in [0.25, 0.3) is 28.2 Å². The number of amides is 1. The fraction of sp³-hybridized carbons (Fsp3) is 0.500. The molecule has 9 heteroatoms. The number of rotatable bonds is 7. The molecule has 0 spiro atoms. The number of hydrogen-bond acceptors (Lipinski definition) is 7. The molecule has 274 valence electrons. The highest BCUT2D eigenvalue weighted by molar-refractivity contribution is 6.12. The molecule has 3 heterocycles. The van der Waals surface area contributed by atoms with E-state index in [1.807, 2.05) is 97.1 Å². The molecule has 2 atom stereocenters. The van der Waals surface area contributed by atoms with E-state index in [2.05, 4.69) is 16.7 Å². The van der Waals surface area contributed by atoms with Gasteiger partial charge >= 0.3 is 5.97 Å². The molecule has 6 rings (SSSR count). The largest absolute Gasteiger partial charge is 0.497 e. The molecule has 2 aliphatic heterocycles. The van der Waals surface area contributed by atoms with Gasteiger partial charge in [0.05, 0.1) is 37.1 Å². The standard InChI is InChI=1S/C35H42N2O4.C7H13NO2/c1-22(20-36(5)6)33(38)26-17-25-18-27(40-7)14-16-28(25)32-31(23-11-9-8-10-12-23)29-15-13-24(19-30(29)37(32)21-26)34(39)41-35(2,3)4;1-6-3-8(5-9)4-7(2)10-6/h13-20,23H,8-12,21H2,1-7H3;5-7H,3-4H2,1-2H3/b22-20-;. The van der Waals surface area contributed by atoms with E-state index < -0.39 is 5.60 Å². The summed E-state index contributed by atoms with van der Waals surface area (Å²) < 4.78 is 19.0. The van der Waals surface area contributed by atoms with Crippen molar-refractivity contribution in [2.24, 2.45) is 0 Å². The number of Topliss-reactive ketones (excluding diaryl/α,β-unsaturated/α-hetero) is 1. The zero-order chi connectivity index (χ0) is 37.0. The van der Waals surface area contributed by atoms with Crippen LogP contribution >= 0.6 is 0 Å². The number of hydrogen-bond donors (Lipinski definition) is 0. The monoisotopic (exact) mass is 697 g/mol. The maximum absolute atomic E-state index is 13.9. The third kappa shape index (κ3) is 8.93. The number of carbonyl (C=O) groups is 3. The average molecular weight is 698 g/mol. The van der Waals surface area contributed by atoms with Crippen molar-refractivity contribution in [2.45, 2.75) is 104 Å². The zero-order valence-electron chi connectivity index (χ0n) is 31.9. The summed E-state index contributed by atoms with van der Waals surface area (Å²) in [5, 5.41) is 1.15. The number of esters is 1. The second-order valence-electron chi connectivity index (χ2n) is 15.5. The number of benzene rings is 2. The van der Waals surface area contributed by atoms with Crippen molar-refractivity contribution in [3.8, 4) is 17.0 Å². The Kier molecular flexibility index (Phi) is 11.8. The van der Waals surface area contributed by atoms with Crippen LogP contribution in [-0.2, 0) is 25.6 Å². The number of methoxy groups -OCH3 is 1. The fourth-order valence-corrected chi connectivity index (χ4v) is 7.65. The summed E-state index contributed by atoms with van der Waals surface area (Å²) in [7, 11) is 5.51. The molecule has 1 aliphatic carbocycles. The number of allylic oxidation sites excluding steroid dienone is 2. The van der Waals surface area contributed by atoms with Crippen LogP contribution < -0.4 is 4.74 Å². The van der Waals surface area contributed by atoms with Crippen molar-refractivity contribution < 1.29 is 28.6 Å². The second-order valence-corrected chi connectivity index (χ2v) is 15.5. The van der Waals surface area contributed by atoms with E-state index in [1.165, 1.54) is 24.8 Å². The summed E-state index contributed by atoms with van der Waals surface area (Å²) in [4.78, 5) is 41.0. The average Bonchev–Trinajstić information content (AvgIpc) is 3.29. The normalized spacial score (nSPS) is 19.5. The molecule has 0 radical (unpaired) electrons. The van der Waals surface area contributed by atoms with Crippen LogP contribution in [0.1, 0.15) is 101 Å². The highest BCUT2D eigenvalue weighted by atomic mass is 16.6. The minimum Gasteiger partial charge on any atom is -0.497 e. The molecule has 2 aromatic carbocycles. The molecule has 1 saturated heterocycles. The lowest BCUT2D eigenvalue weighted by Gasteiger charge is -2.32. The van der Waals surface area contributed by atoms with Crippen molar-refractivity contribution in [3.63, 3.8) is 0 Å². The maximum atomic E-state index is 13.9.